The number of carbonyl (C=O) groups is 3. The molecular weight excluding hydrogens is 686 g/mol. The van der Waals surface area contributed by atoms with Crippen LogP contribution in [0.2, 0.25) is 0 Å². The molecule has 0 aliphatic carbocycles. The minimum absolute atomic E-state index is 0.102. The van der Waals surface area contributed by atoms with Gasteiger partial charge in [-0.25, -0.2) is 9.59 Å². The van der Waals surface area contributed by atoms with Gasteiger partial charge in [0.15, 0.2) is 0 Å². The maximum Gasteiger partial charge on any atom is 0.490 e. The number of hydrogen-bond acceptors (Lipinski definition) is 9. The molecule has 3 N–H and O–H groups in total. The summed E-state index contributed by atoms with van der Waals surface area (Å²) in [4.78, 5) is 33.4. The second-order valence-electron chi connectivity index (χ2n) is 10.6. The quantitative estimate of drug-likeness (QED) is 0.285. The molecule has 0 saturated carbocycles. The van der Waals surface area contributed by atoms with Gasteiger partial charge in [0.05, 0.1) is 37.6 Å². The van der Waals surface area contributed by atoms with E-state index in [0.29, 0.717) is 31.1 Å². The first-order chi connectivity index (χ1) is 23.5. The minimum Gasteiger partial charge on any atom is -0.497 e. The molecule has 50 heavy (non-hydrogen) atoms. The van der Waals surface area contributed by atoms with E-state index >= 15 is 0 Å². The number of nitrogens with one attached hydrogen (secondary N) is 1. The standard InChI is InChI=1S/C27H32N4O5.2C2HF3O2/c1-30-24(7-8-28-30)19-3-5-23(26(17-19)35-14-11-31-9-12-34-13-10-31)29-27(32)21-15-20-16-22(33-2)4-6-25(20)36-18-21;2*3-2(4,5)1(6)7/h3-8,16-17,21H,9-15,18H2,1-2H3,(H,29,32);2*(H,6,7). The van der Waals surface area contributed by atoms with Crippen molar-refractivity contribution in [2.45, 2.75) is 18.8 Å². The molecule has 1 aromatic heterocycles. The Kier molecular flexibility index (Phi) is 13.8. The molecule has 0 radical (unpaired) electrons. The molecule has 2 aliphatic heterocycles. The number of carboxylic acids is 2. The highest BCUT2D eigenvalue weighted by Crippen LogP contribution is 2.34. The van der Waals surface area contributed by atoms with Crippen molar-refractivity contribution >= 4 is 23.5 Å². The molecule has 1 unspecified atom stereocenters. The number of nitrogens with zero attached hydrogens (tertiary/aromatic N) is 3. The maximum absolute atomic E-state index is 13.3. The molecule has 5 rings (SSSR count). The van der Waals surface area contributed by atoms with E-state index in [1.807, 2.05) is 54.2 Å². The predicted molar refractivity (Wildman–Crippen MR) is 163 cm³/mol. The second-order valence-corrected chi connectivity index (χ2v) is 10.6. The molecule has 2 aromatic carbocycles. The number of aromatic nitrogens is 2. The zero-order chi connectivity index (χ0) is 37.1. The lowest BCUT2D eigenvalue weighted by Crippen LogP contribution is -2.38. The SMILES string of the molecule is COc1ccc2c(c1)CC(C(=O)Nc1ccc(-c3ccnn3C)cc1OCCN1CCOCC1)CO2.O=C(O)C(F)(F)F.O=C(O)C(F)(F)F. The van der Waals surface area contributed by atoms with Crippen LogP contribution in [0, 0.1) is 5.92 Å². The molecule has 1 fully saturated rings. The summed E-state index contributed by atoms with van der Waals surface area (Å²) in [6.45, 7) is 4.92. The molecule has 3 heterocycles. The zero-order valence-electron chi connectivity index (χ0n) is 26.7. The lowest BCUT2D eigenvalue weighted by molar-refractivity contribution is -0.193. The fourth-order valence-corrected chi connectivity index (χ4v) is 4.57. The Hall–Kier alpha value is -5.04. The van der Waals surface area contributed by atoms with Gasteiger partial charge in [-0.2, -0.15) is 31.4 Å². The minimum atomic E-state index is -5.08. The van der Waals surface area contributed by atoms with Crippen LogP contribution in [0.5, 0.6) is 17.2 Å². The summed E-state index contributed by atoms with van der Waals surface area (Å²) in [6.07, 6.45) is -7.82. The normalized spacial score (nSPS) is 15.9. The van der Waals surface area contributed by atoms with Crippen molar-refractivity contribution in [1.82, 2.24) is 14.7 Å². The van der Waals surface area contributed by atoms with E-state index in [0.717, 1.165) is 61.2 Å². The average molecular weight is 721 g/mol. The molecule has 19 heteroatoms. The van der Waals surface area contributed by atoms with E-state index in [1.54, 1.807) is 13.3 Å². The third-order valence-corrected chi connectivity index (χ3v) is 7.15. The number of methoxy groups -OCH3 is 1. The molecule has 1 atom stereocenters. The average Bonchev–Trinajstić information content (AvgIpc) is 3.50. The van der Waals surface area contributed by atoms with Gasteiger partial charge in [0.1, 0.15) is 30.5 Å². The first-order valence-electron chi connectivity index (χ1n) is 14.8. The van der Waals surface area contributed by atoms with Crippen LogP contribution < -0.4 is 19.5 Å². The maximum atomic E-state index is 13.3. The molecule has 0 spiro atoms. The summed E-state index contributed by atoms with van der Waals surface area (Å²) < 4.78 is 88.1. The van der Waals surface area contributed by atoms with Crippen LogP contribution in [0.4, 0.5) is 32.0 Å². The largest absolute Gasteiger partial charge is 0.497 e. The monoisotopic (exact) mass is 720 g/mol. The highest BCUT2D eigenvalue weighted by atomic mass is 19.4. The fourth-order valence-electron chi connectivity index (χ4n) is 4.57. The van der Waals surface area contributed by atoms with Gasteiger partial charge in [-0.05, 0) is 48.4 Å². The van der Waals surface area contributed by atoms with Gasteiger partial charge >= 0.3 is 24.3 Å². The van der Waals surface area contributed by atoms with E-state index in [9.17, 15) is 31.1 Å². The third kappa shape index (κ3) is 11.8. The summed E-state index contributed by atoms with van der Waals surface area (Å²) >= 11 is 0. The van der Waals surface area contributed by atoms with Crippen molar-refractivity contribution in [1.29, 1.82) is 0 Å². The van der Waals surface area contributed by atoms with Crippen molar-refractivity contribution in [3.05, 3.63) is 54.2 Å². The van der Waals surface area contributed by atoms with Crippen molar-refractivity contribution in [2.24, 2.45) is 13.0 Å². The van der Waals surface area contributed by atoms with Gasteiger partial charge in [-0.1, -0.05) is 6.07 Å². The van der Waals surface area contributed by atoms with Gasteiger partial charge in [0.25, 0.3) is 0 Å². The number of carbonyl (C=O) groups excluding carboxylic acids is 1. The van der Waals surface area contributed by atoms with Gasteiger partial charge in [0, 0.05) is 38.4 Å². The number of amides is 1. The third-order valence-electron chi connectivity index (χ3n) is 7.15. The van der Waals surface area contributed by atoms with Gasteiger partial charge < -0.3 is 34.5 Å². The molecule has 0 bridgehead atoms. The number of rotatable bonds is 8. The second kappa shape index (κ2) is 17.6. The van der Waals surface area contributed by atoms with Crippen LogP contribution in [0.3, 0.4) is 0 Å². The summed E-state index contributed by atoms with van der Waals surface area (Å²) in [5.74, 6) is -3.75. The number of aryl methyl sites for hydroxylation is 1. The van der Waals surface area contributed by atoms with E-state index in [4.69, 9.17) is 38.7 Å². The first kappa shape index (κ1) is 39.4. The Morgan fingerprint density at radius 1 is 0.980 bits per heavy atom. The fraction of sp³-hybridized carbons (Fsp3) is 0.419. The highest BCUT2D eigenvalue weighted by Gasteiger charge is 2.39. The number of halogens is 6. The van der Waals surface area contributed by atoms with Gasteiger partial charge in [-0.15, -0.1) is 0 Å². The number of alkyl halides is 6. The van der Waals surface area contributed by atoms with Crippen molar-refractivity contribution < 1.29 is 69.9 Å². The zero-order valence-corrected chi connectivity index (χ0v) is 26.7. The number of morpholine rings is 1. The van der Waals surface area contributed by atoms with E-state index in [1.165, 1.54) is 0 Å². The van der Waals surface area contributed by atoms with Crippen LogP contribution in [-0.4, -0.2) is 108 Å². The number of fused-ring (bicyclic) bond motifs is 1. The molecule has 13 nitrogen and oxygen atoms in total. The van der Waals surface area contributed by atoms with E-state index in [2.05, 4.69) is 15.3 Å². The number of ether oxygens (including phenoxy) is 4. The van der Waals surface area contributed by atoms with Crippen LogP contribution in [-0.2, 0) is 32.6 Å². The Balaban J connectivity index is 0.000000408. The Morgan fingerprint density at radius 3 is 2.18 bits per heavy atom. The van der Waals surface area contributed by atoms with E-state index < -0.39 is 24.3 Å². The molecule has 274 valence electrons. The number of anilines is 1. The van der Waals surface area contributed by atoms with Crippen LogP contribution >= 0.6 is 0 Å². The molecule has 1 amide bonds. The van der Waals surface area contributed by atoms with Crippen LogP contribution in [0.1, 0.15) is 5.56 Å². The van der Waals surface area contributed by atoms with Gasteiger partial charge in [0.2, 0.25) is 5.91 Å². The summed E-state index contributed by atoms with van der Waals surface area (Å²) in [7, 11) is 3.53. The molecule has 2 aliphatic rings. The molecule has 1 saturated heterocycles. The first-order valence-corrected chi connectivity index (χ1v) is 14.8. The summed E-state index contributed by atoms with van der Waals surface area (Å²) in [6, 6.07) is 13.5. The number of hydrogen-bond donors (Lipinski definition) is 3. The lowest BCUT2D eigenvalue weighted by atomic mass is 9.95. The number of benzene rings is 2. The van der Waals surface area contributed by atoms with E-state index in [-0.39, 0.29) is 11.8 Å². The molecular formula is C31H34F6N4O9. The van der Waals surface area contributed by atoms with Crippen molar-refractivity contribution in [3.63, 3.8) is 0 Å². The predicted octanol–water partition coefficient (Wildman–Crippen LogP) is 4.26. The van der Waals surface area contributed by atoms with Gasteiger partial charge in [-0.3, -0.25) is 14.4 Å². The Bertz CT molecular complexity index is 1580. The van der Waals surface area contributed by atoms with Crippen molar-refractivity contribution in [2.75, 3.05) is 58.5 Å². The Labute approximate surface area is 281 Å². The summed E-state index contributed by atoms with van der Waals surface area (Å²) in [5, 5.41) is 21.6. The Morgan fingerprint density at radius 2 is 1.62 bits per heavy atom. The number of aliphatic carboxylic acids is 2. The topological polar surface area (TPSA) is 162 Å². The lowest BCUT2D eigenvalue weighted by Gasteiger charge is -2.27. The van der Waals surface area contributed by atoms with Crippen LogP contribution in [0.15, 0.2) is 48.7 Å². The van der Waals surface area contributed by atoms with Crippen molar-refractivity contribution in [3.8, 4) is 28.5 Å². The van der Waals surface area contributed by atoms with Crippen LogP contribution in [0.25, 0.3) is 11.3 Å². The number of carboxylic acid groups (broad SMARTS) is 2. The smallest absolute Gasteiger partial charge is 0.490 e. The summed E-state index contributed by atoms with van der Waals surface area (Å²) in [5.41, 5.74) is 3.55. The highest BCUT2D eigenvalue weighted by molar-refractivity contribution is 5.95. The molecule has 3 aromatic rings.